The standard InChI is InChI=1S/C17H25NO.ClH/c1-14-7-9-16(10-8-14)17(19)15(2)13-18-11-5-3-4-6-12-18;/h7-10,15H,3-6,11-13H2,1-2H3;1H. The minimum atomic E-state index is 0. The van der Waals surface area contributed by atoms with Crippen LogP contribution in [0.1, 0.15) is 48.5 Å². The molecule has 3 heteroatoms. The third-order valence-corrected chi connectivity index (χ3v) is 4.01. The second kappa shape index (κ2) is 8.43. The molecule has 0 N–H and O–H groups in total. The summed E-state index contributed by atoms with van der Waals surface area (Å²) in [6.45, 7) is 7.34. The van der Waals surface area contributed by atoms with Crippen LogP contribution in [0.5, 0.6) is 0 Å². The van der Waals surface area contributed by atoms with E-state index in [4.69, 9.17) is 0 Å². The minimum Gasteiger partial charge on any atom is -0.303 e. The molecule has 2 nitrogen and oxygen atoms in total. The monoisotopic (exact) mass is 295 g/mol. The van der Waals surface area contributed by atoms with Crippen LogP contribution in [0, 0.1) is 12.8 Å². The van der Waals surface area contributed by atoms with Gasteiger partial charge in [0.1, 0.15) is 0 Å². The van der Waals surface area contributed by atoms with Gasteiger partial charge < -0.3 is 4.90 Å². The average molecular weight is 296 g/mol. The fourth-order valence-corrected chi connectivity index (χ4v) is 2.79. The number of rotatable bonds is 4. The molecule has 1 aromatic rings. The quantitative estimate of drug-likeness (QED) is 0.779. The Balaban J connectivity index is 0.00000200. The lowest BCUT2D eigenvalue weighted by atomic mass is 9.98. The first kappa shape index (κ1) is 17.2. The molecule has 20 heavy (non-hydrogen) atoms. The number of benzene rings is 1. The zero-order valence-electron chi connectivity index (χ0n) is 12.6. The minimum absolute atomic E-state index is 0. The highest BCUT2D eigenvalue weighted by atomic mass is 35.5. The predicted octanol–water partition coefficient (Wildman–Crippen LogP) is 4.11. The Kier molecular flexibility index (Phi) is 7.25. The zero-order valence-corrected chi connectivity index (χ0v) is 13.4. The van der Waals surface area contributed by atoms with Gasteiger partial charge in [0.15, 0.2) is 5.78 Å². The summed E-state index contributed by atoms with van der Waals surface area (Å²) in [4.78, 5) is 14.9. The summed E-state index contributed by atoms with van der Waals surface area (Å²) < 4.78 is 0. The highest BCUT2D eigenvalue weighted by molar-refractivity contribution is 5.97. The summed E-state index contributed by atoms with van der Waals surface area (Å²) in [6.07, 6.45) is 5.25. The van der Waals surface area contributed by atoms with Crippen LogP contribution in [0.4, 0.5) is 0 Å². The van der Waals surface area contributed by atoms with E-state index in [-0.39, 0.29) is 24.1 Å². The largest absolute Gasteiger partial charge is 0.303 e. The van der Waals surface area contributed by atoms with Gasteiger partial charge in [-0.3, -0.25) is 4.79 Å². The van der Waals surface area contributed by atoms with Crippen molar-refractivity contribution in [2.24, 2.45) is 5.92 Å². The van der Waals surface area contributed by atoms with Gasteiger partial charge in [-0.1, -0.05) is 49.6 Å². The maximum Gasteiger partial charge on any atom is 0.166 e. The summed E-state index contributed by atoms with van der Waals surface area (Å²) in [5.74, 6) is 0.380. The Morgan fingerprint density at radius 3 is 2.20 bits per heavy atom. The van der Waals surface area contributed by atoms with Crippen LogP contribution >= 0.6 is 12.4 Å². The van der Waals surface area contributed by atoms with Gasteiger partial charge in [0.05, 0.1) is 0 Å². The molecular weight excluding hydrogens is 270 g/mol. The van der Waals surface area contributed by atoms with Crippen molar-refractivity contribution >= 4 is 18.2 Å². The highest BCUT2D eigenvalue weighted by Crippen LogP contribution is 2.15. The second-order valence-electron chi connectivity index (χ2n) is 5.85. The van der Waals surface area contributed by atoms with E-state index >= 15 is 0 Å². The second-order valence-corrected chi connectivity index (χ2v) is 5.85. The number of hydrogen-bond donors (Lipinski definition) is 0. The van der Waals surface area contributed by atoms with Crippen molar-refractivity contribution in [2.75, 3.05) is 19.6 Å². The van der Waals surface area contributed by atoms with Crippen LogP contribution < -0.4 is 0 Å². The number of nitrogens with zero attached hydrogens (tertiary/aromatic N) is 1. The fraction of sp³-hybridized carbons (Fsp3) is 0.588. The number of carbonyl (C=O) groups is 1. The normalized spacial score (nSPS) is 17.9. The van der Waals surface area contributed by atoms with E-state index in [9.17, 15) is 4.79 Å². The van der Waals surface area contributed by atoms with Crippen molar-refractivity contribution < 1.29 is 4.79 Å². The summed E-state index contributed by atoms with van der Waals surface area (Å²) >= 11 is 0. The molecule has 0 radical (unpaired) electrons. The predicted molar refractivity (Wildman–Crippen MR) is 86.8 cm³/mol. The fourth-order valence-electron chi connectivity index (χ4n) is 2.79. The lowest BCUT2D eigenvalue weighted by molar-refractivity contribution is 0.0895. The molecule has 0 saturated carbocycles. The molecule has 1 fully saturated rings. The van der Waals surface area contributed by atoms with E-state index in [2.05, 4.69) is 18.7 Å². The van der Waals surface area contributed by atoms with Crippen molar-refractivity contribution in [1.82, 2.24) is 4.90 Å². The Morgan fingerprint density at radius 1 is 1.10 bits per heavy atom. The first-order valence-corrected chi connectivity index (χ1v) is 7.50. The first-order chi connectivity index (χ1) is 9.16. The van der Waals surface area contributed by atoms with E-state index in [1.54, 1.807) is 0 Å². The van der Waals surface area contributed by atoms with Crippen molar-refractivity contribution in [3.63, 3.8) is 0 Å². The summed E-state index contributed by atoms with van der Waals surface area (Å²) in [7, 11) is 0. The Hall–Kier alpha value is -0.860. The number of aryl methyl sites for hydroxylation is 1. The van der Waals surface area contributed by atoms with E-state index in [1.165, 1.54) is 31.2 Å². The summed E-state index contributed by atoms with van der Waals surface area (Å²) in [5.41, 5.74) is 2.06. The van der Waals surface area contributed by atoms with Crippen LogP contribution in [-0.4, -0.2) is 30.3 Å². The number of ketones is 1. The van der Waals surface area contributed by atoms with Gasteiger partial charge in [0.25, 0.3) is 0 Å². The van der Waals surface area contributed by atoms with Gasteiger partial charge in [-0.2, -0.15) is 0 Å². The average Bonchev–Trinajstić information content (AvgIpc) is 2.67. The van der Waals surface area contributed by atoms with Crippen LogP contribution in [0.25, 0.3) is 0 Å². The van der Waals surface area contributed by atoms with Crippen molar-refractivity contribution in [1.29, 1.82) is 0 Å². The number of Topliss-reactive ketones (excluding diaryl/α,β-unsaturated/α-hetero) is 1. The summed E-state index contributed by atoms with van der Waals surface area (Å²) in [6, 6.07) is 7.95. The van der Waals surface area contributed by atoms with Gasteiger partial charge in [-0.15, -0.1) is 12.4 Å². The molecule has 2 rings (SSSR count). The molecule has 0 amide bonds. The third-order valence-electron chi connectivity index (χ3n) is 4.01. The van der Waals surface area contributed by atoms with Gasteiger partial charge in [-0.25, -0.2) is 0 Å². The van der Waals surface area contributed by atoms with Crippen molar-refractivity contribution in [3.05, 3.63) is 35.4 Å². The molecule has 0 spiro atoms. The van der Waals surface area contributed by atoms with E-state index in [1.807, 2.05) is 24.3 Å². The lowest BCUT2D eigenvalue weighted by Crippen LogP contribution is -2.32. The molecule has 112 valence electrons. The highest BCUT2D eigenvalue weighted by Gasteiger charge is 2.19. The molecular formula is C17H26ClNO. The molecule has 1 aliphatic heterocycles. The van der Waals surface area contributed by atoms with Gasteiger partial charge in [-0.05, 0) is 32.9 Å². The smallest absolute Gasteiger partial charge is 0.166 e. The number of likely N-dealkylation sites (tertiary alicyclic amines) is 1. The van der Waals surface area contributed by atoms with Crippen LogP contribution in [0.3, 0.4) is 0 Å². The van der Waals surface area contributed by atoms with Crippen molar-refractivity contribution in [3.8, 4) is 0 Å². The van der Waals surface area contributed by atoms with Gasteiger partial charge >= 0.3 is 0 Å². The number of hydrogen-bond acceptors (Lipinski definition) is 2. The molecule has 1 aliphatic rings. The van der Waals surface area contributed by atoms with E-state index < -0.39 is 0 Å². The molecule has 1 heterocycles. The SMILES string of the molecule is Cc1ccc(C(=O)C(C)CN2CCCCCC2)cc1.Cl. The molecule has 1 saturated heterocycles. The van der Waals surface area contributed by atoms with E-state index in [0.29, 0.717) is 0 Å². The molecule has 1 aromatic carbocycles. The first-order valence-electron chi connectivity index (χ1n) is 7.50. The van der Waals surface area contributed by atoms with Crippen LogP contribution in [-0.2, 0) is 0 Å². The van der Waals surface area contributed by atoms with Crippen LogP contribution in [0.2, 0.25) is 0 Å². The van der Waals surface area contributed by atoms with Gasteiger partial charge in [0, 0.05) is 18.0 Å². The lowest BCUT2D eigenvalue weighted by Gasteiger charge is -2.23. The van der Waals surface area contributed by atoms with Gasteiger partial charge in [0.2, 0.25) is 0 Å². The van der Waals surface area contributed by atoms with Crippen molar-refractivity contribution in [2.45, 2.75) is 39.5 Å². The van der Waals surface area contributed by atoms with Crippen LogP contribution in [0.15, 0.2) is 24.3 Å². The summed E-state index contributed by atoms with van der Waals surface area (Å²) in [5, 5.41) is 0. The maximum absolute atomic E-state index is 12.4. The molecule has 1 unspecified atom stereocenters. The Labute approximate surface area is 129 Å². The maximum atomic E-state index is 12.4. The molecule has 0 aromatic heterocycles. The molecule has 0 aliphatic carbocycles. The number of carbonyl (C=O) groups excluding carboxylic acids is 1. The Bertz CT molecular complexity index is 408. The van der Waals surface area contributed by atoms with E-state index in [0.717, 1.165) is 25.2 Å². The third kappa shape index (κ3) is 4.92. The Morgan fingerprint density at radius 2 is 1.65 bits per heavy atom. The number of halogens is 1. The molecule has 0 bridgehead atoms. The zero-order chi connectivity index (χ0) is 13.7. The molecule has 1 atom stereocenters. The topological polar surface area (TPSA) is 20.3 Å².